The molecule has 8 heteroatoms. The molecule has 0 amide bonds. The van der Waals surface area contributed by atoms with Crippen molar-refractivity contribution in [2.45, 2.75) is 32.2 Å². The fourth-order valence-electron chi connectivity index (χ4n) is 4.34. The third-order valence-electron chi connectivity index (χ3n) is 6.24. The molecule has 8 nitrogen and oxygen atoms in total. The number of nitrogens with zero attached hydrogens (tertiary/aromatic N) is 1. The lowest BCUT2D eigenvalue weighted by molar-refractivity contribution is -0.140. The summed E-state index contributed by atoms with van der Waals surface area (Å²) in [5.74, 6) is -1.20. The summed E-state index contributed by atoms with van der Waals surface area (Å²) in [6, 6.07) is 13.5. The van der Waals surface area contributed by atoms with Crippen LogP contribution in [0.5, 0.6) is 23.0 Å². The third kappa shape index (κ3) is 5.01. The van der Waals surface area contributed by atoms with Gasteiger partial charge >= 0.3 is 5.97 Å². The number of ether oxygens (including phenoxy) is 2. The number of aryl methyl sites for hydroxylation is 2. The molecule has 1 aromatic heterocycles. The Bertz CT molecular complexity index is 1360. The molecule has 182 valence electrons. The van der Waals surface area contributed by atoms with E-state index in [1.165, 1.54) is 29.9 Å². The number of methoxy groups -OCH3 is 1. The minimum Gasteiger partial charge on any atom is -0.507 e. The first-order valence-electron chi connectivity index (χ1n) is 11.2. The maximum atomic E-state index is 13.6. The quantitative estimate of drug-likeness (QED) is 0.351. The number of hydrogen-bond acceptors (Lipinski definition) is 7. The standard InChI is InChI=1S/C27H27NO7/c1-16-11-23(31)26(27(33)28(16)10-9-17-7-8-21(29)22(30)12-17)20(14-25(32)34-2)19-13-18-5-3-4-6-24(18)35-15-19/h3-8,11-13,20,29-31H,9-10,14-15H2,1-2H3/t20-/m1/s1. The maximum Gasteiger partial charge on any atom is 0.306 e. The Morgan fingerprint density at radius 2 is 1.86 bits per heavy atom. The molecule has 0 bridgehead atoms. The number of carbonyl (C=O) groups excluding carboxylic acids is 1. The van der Waals surface area contributed by atoms with Crippen LogP contribution in [0.3, 0.4) is 0 Å². The highest BCUT2D eigenvalue weighted by molar-refractivity contribution is 5.73. The molecule has 0 fully saturated rings. The van der Waals surface area contributed by atoms with Crippen molar-refractivity contribution in [3.8, 4) is 23.0 Å². The Balaban J connectivity index is 1.74. The van der Waals surface area contributed by atoms with Gasteiger partial charge < -0.3 is 29.4 Å². The van der Waals surface area contributed by atoms with Gasteiger partial charge in [0.2, 0.25) is 0 Å². The summed E-state index contributed by atoms with van der Waals surface area (Å²) >= 11 is 0. The second kappa shape index (κ2) is 9.97. The van der Waals surface area contributed by atoms with E-state index in [1.54, 1.807) is 13.0 Å². The van der Waals surface area contributed by atoms with Crippen LogP contribution in [0, 0.1) is 6.92 Å². The van der Waals surface area contributed by atoms with Crippen molar-refractivity contribution in [2.24, 2.45) is 0 Å². The Kier molecular flexibility index (Phi) is 6.82. The predicted molar refractivity (Wildman–Crippen MR) is 130 cm³/mol. The van der Waals surface area contributed by atoms with Crippen LogP contribution in [-0.2, 0) is 22.5 Å². The van der Waals surface area contributed by atoms with Gasteiger partial charge in [0, 0.05) is 23.7 Å². The molecule has 3 aromatic rings. The molecule has 4 rings (SSSR count). The number of aromatic hydroxyl groups is 3. The van der Waals surface area contributed by atoms with Gasteiger partial charge in [0.25, 0.3) is 5.56 Å². The maximum absolute atomic E-state index is 13.6. The van der Waals surface area contributed by atoms with Crippen molar-refractivity contribution in [2.75, 3.05) is 13.7 Å². The van der Waals surface area contributed by atoms with Gasteiger partial charge in [0.1, 0.15) is 18.1 Å². The monoisotopic (exact) mass is 477 g/mol. The van der Waals surface area contributed by atoms with E-state index in [4.69, 9.17) is 9.47 Å². The van der Waals surface area contributed by atoms with E-state index in [9.17, 15) is 24.9 Å². The second-order valence-corrected chi connectivity index (χ2v) is 8.49. The normalized spacial score (nSPS) is 13.4. The zero-order valence-electron chi connectivity index (χ0n) is 19.5. The Hall–Kier alpha value is -4.20. The lowest BCUT2D eigenvalue weighted by Crippen LogP contribution is -2.30. The van der Waals surface area contributed by atoms with Crippen LogP contribution < -0.4 is 10.3 Å². The summed E-state index contributed by atoms with van der Waals surface area (Å²) in [4.78, 5) is 25.9. The van der Waals surface area contributed by atoms with E-state index in [1.807, 2.05) is 30.3 Å². The second-order valence-electron chi connectivity index (χ2n) is 8.49. The number of fused-ring (bicyclic) bond motifs is 1. The Labute approximate surface area is 202 Å². The number of carbonyl (C=O) groups is 1. The summed E-state index contributed by atoms with van der Waals surface area (Å²) in [7, 11) is 1.28. The van der Waals surface area contributed by atoms with Gasteiger partial charge in [0.05, 0.1) is 19.1 Å². The molecule has 1 atom stereocenters. The zero-order valence-corrected chi connectivity index (χ0v) is 19.5. The van der Waals surface area contributed by atoms with Crippen molar-refractivity contribution in [1.29, 1.82) is 0 Å². The minimum atomic E-state index is -0.743. The predicted octanol–water partition coefficient (Wildman–Crippen LogP) is 3.64. The smallest absolute Gasteiger partial charge is 0.306 e. The van der Waals surface area contributed by atoms with E-state index < -0.39 is 17.4 Å². The fourth-order valence-corrected chi connectivity index (χ4v) is 4.34. The van der Waals surface area contributed by atoms with E-state index in [2.05, 4.69) is 0 Å². The van der Waals surface area contributed by atoms with E-state index in [0.29, 0.717) is 23.4 Å². The zero-order chi connectivity index (χ0) is 25.1. The van der Waals surface area contributed by atoms with Crippen LogP contribution in [0.1, 0.15) is 34.7 Å². The molecular formula is C27H27NO7. The Morgan fingerprint density at radius 1 is 1.09 bits per heavy atom. The first-order valence-corrected chi connectivity index (χ1v) is 11.2. The van der Waals surface area contributed by atoms with Gasteiger partial charge in [-0.05, 0) is 54.8 Å². The van der Waals surface area contributed by atoms with E-state index >= 15 is 0 Å². The number of benzene rings is 2. The highest BCUT2D eigenvalue weighted by atomic mass is 16.5. The molecule has 0 unspecified atom stereocenters. The highest BCUT2D eigenvalue weighted by Gasteiger charge is 2.30. The first-order chi connectivity index (χ1) is 16.8. The van der Waals surface area contributed by atoms with Crippen molar-refractivity contribution < 1.29 is 29.6 Å². The molecule has 0 saturated heterocycles. The van der Waals surface area contributed by atoms with Gasteiger partial charge in [-0.15, -0.1) is 0 Å². The van der Waals surface area contributed by atoms with Crippen molar-refractivity contribution in [3.63, 3.8) is 0 Å². The topological polar surface area (TPSA) is 118 Å². The van der Waals surface area contributed by atoms with Gasteiger partial charge in [-0.25, -0.2) is 0 Å². The van der Waals surface area contributed by atoms with Gasteiger partial charge in [-0.3, -0.25) is 9.59 Å². The summed E-state index contributed by atoms with van der Waals surface area (Å²) in [5.41, 5.74) is 2.47. The molecule has 35 heavy (non-hydrogen) atoms. The molecule has 0 radical (unpaired) electrons. The number of phenols is 2. The number of hydrogen-bond donors (Lipinski definition) is 3. The Morgan fingerprint density at radius 3 is 2.60 bits per heavy atom. The molecule has 1 aliphatic rings. The summed E-state index contributed by atoms with van der Waals surface area (Å²) in [5, 5.41) is 30.1. The minimum absolute atomic E-state index is 0.101. The number of esters is 1. The number of aromatic nitrogens is 1. The first kappa shape index (κ1) is 23.9. The van der Waals surface area contributed by atoms with Crippen molar-refractivity contribution in [3.05, 3.63) is 86.8 Å². The molecule has 3 N–H and O–H groups in total. The average molecular weight is 478 g/mol. The number of para-hydroxylation sites is 1. The largest absolute Gasteiger partial charge is 0.507 e. The molecule has 0 spiro atoms. The van der Waals surface area contributed by atoms with Crippen LogP contribution in [0.2, 0.25) is 0 Å². The van der Waals surface area contributed by atoms with Gasteiger partial charge in [-0.1, -0.05) is 24.3 Å². The van der Waals surface area contributed by atoms with Crippen molar-refractivity contribution >= 4 is 12.0 Å². The molecule has 0 aliphatic carbocycles. The van der Waals surface area contributed by atoms with E-state index in [-0.39, 0.29) is 42.4 Å². The fraction of sp³-hybridized carbons (Fsp3) is 0.259. The molecule has 1 aliphatic heterocycles. The molecule has 2 aromatic carbocycles. The molecule has 0 saturated carbocycles. The lowest BCUT2D eigenvalue weighted by Gasteiger charge is -2.26. The van der Waals surface area contributed by atoms with E-state index in [0.717, 1.165) is 11.1 Å². The highest BCUT2D eigenvalue weighted by Crippen LogP contribution is 2.37. The summed E-state index contributed by atoms with van der Waals surface area (Å²) in [6.07, 6.45) is 2.15. The number of phenolic OH excluding ortho intramolecular Hbond substituents is 2. The third-order valence-corrected chi connectivity index (χ3v) is 6.24. The van der Waals surface area contributed by atoms with Crippen LogP contribution in [0.4, 0.5) is 0 Å². The number of pyridine rings is 1. The lowest BCUT2D eigenvalue weighted by atomic mass is 9.86. The van der Waals surface area contributed by atoms with Crippen LogP contribution in [-0.4, -0.2) is 39.6 Å². The van der Waals surface area contributed by atoms with Crippen LogP contribution >= 0.6 is 0 Å². The van der Waals surface area contributed by atoms with Crippen molar-refractivity contribution in [1.82, 2.24) is 4.57 Å². The SMILES string of the molecule is COC(=O)C[C@H](C1=Cc2ccccc2OC1)c1c(O)cc(C)n(CCc2ccc(O)c(O)c2)c1=O. The number of rotatable bonds is 7. The molecular weight excluding hydrogens is 450 g/mol. The summed E-state index contributed by atoms with van der Waals surface area (Å²) in [6.45, 7) is 2.15. The molecule has 2 heterocycles. The van der Waals surface area contributed by atoms with Gasteiger partial charge in [0.15, 0.2) is 11.5 Å². The average Bonchev–Trinajstić information content (AvgIpc) is 2.84. The summed E-state index contributed by atoms with van der Waals surface area (Å²) < 4.78 is 12.3. The van der Waals surface area contributed by atoms with Crippen LogP contribution in [0.25, 0.3) is 6.08 Å². The van der Waals surface area contributed by atoms with Gasteiger partial charge in [-0.2, -0.15) is 0 Å². The van der Waals surface area contributed by atoms with Crippen LogP contribution in [0.15, 0.2) is 58.9 Å².